The van der Waals surface area contributed by atoms with E-state index in [-0.39, 0.29) is 21.4 Å². The number of hydrogen-bond donors (Lipinski definition) is 2. The van der Waals surface area contributed by atoms with Gasteiger partial charge < -0.3 is 5.73 Å². The van der Waals surface area contributed by atoms with Crippen molar-refractivity contribution in [3.63, 3.8) is 0 Å². The van der Waals surface area contributed by atoms with Crippen molar-refractivity contribution in [2.45, 2.75) is 11.8 Å². The summed E-state index contributed by atoms with van der Waals surface area (Å²) in [6.45, 7) is 1.85. The molecule has 0 saturated heterocycles. The molecule has 0 aliphatic heterocycles. The molecule has 0 fully saturated rings. The van der Waals surface area contributed by atoms with Gasteiger partial charge in [0.25, 0.3) is 10.0 Å². The maximum Gasteiger partial charge on any atom is 0.263 e. The smallest absolute Gasteiger partial charge is 0.263 e. The molecule has 3 N–H and O–H groups in total. The van der Waals surface area contributed by atoms with Gasteiger partial charge in [-0.3, -0.25) is 4.72 Å². The third kappa shape index (κ3) is 3.15. The normalized spacial score (nSPS) is 11.3. The topological polar surface area (TPSA) is 85.1 Å². The molecule has 5 nitrogen and oxygen atoms in total. The molecule has 2 rings (SSSR count). The van der Waals surface area contributed by atoms with Gasteiger partial charge in [0.1, 0.15) is 10.7 Å². The number of nitrogens with one attached hydrogen (secondary N) is 1. The molecule has 0 spiro atoms. The van der Waals surface area contributed by atoms with Gasteiger partial charge in [-0.25, -0.2) is 13.4 Å². The van der Waals surface area contributed by atoms with Crippen LogP contribution in [-0.4, -0.2) is 13.4 Å². The zero-order chi connectivity index (χ0) is 14.9. The second kappa shape index (κ2) is 5.47. The van der Waals surface area contributed by atoms with Crippen LogP contribution in [0.1, 0.15) is 5.56 Å². The Morgan fingerprint density at radius 3 is 2.50 bits per heavy atom. The van der Waals surface area contributed by atoms with E-state index in [2.05, 4.69) is 9.71 Å². The van der Waals surface area contributed by atoms with E-state index in [1.807, 2.05) is 6.92 Å². The van der Waals surface area contributed by atoms with E-state index in [9.17, 15) is 8.42 Å². The lowest BCUT2D eigenvalue weighted by molar-refractivity contribution is 0.601. The molecule has 0 bridgehead atoms. The SMILES string of the molecule is Cc1ccc(NS(=O)(=O)c2cnc(N)c(Cl)c2)c(Cl)c1. The Labute approximate surface area is 126 Å². The molecule has 1 aromatic carbocycles. The van der Waals surface area contributed by atoms with E-state index in [0.717, 1.165) is 11.8 Å². The van der Waals surface area contributed by atoms with Gasteiger partial charge >= 0.3 is 0 Å². The predicted octanol–water partition coefficient (Wildman–Crippen LogP) is 3.08. The van der Waals surface area contributed by atoms with E-state index in [4.69, 9.17) is 28.9 Å². The first-order valence-electron chi connectivity index (χ1n) is 5.49. The molecular weight excluding hydrogens is 321 g/mol. The minimum atomic E-state index is -3.82. The number of pyridine rings is 1. The molecule has 0 unspecified atom stereocenters. The fourth-order valence-electron chi connectivity index (χ4n) is 1.48. The van der Waals surface area contributed by atoms with Crippen molar-refractivity contribution in [3.05, 3.63) is 46.1 Å². The number of benzene rings is 1. The molecule has 2 aromatic rings. The van der Waals surface area contributed by atoms with Crippen molar-refractivity contribution in [1.82, 2.24) is 4.98 Å². The van der Waals surface area contributed by atoms with Crippen LogP contribution in [0.3, 0.4) is 0 Å². The summed E-state index contributed by atoms with van der Waals surface area (Å²) >= 11 is 11.8. The molecule has 0 aliphatic rings. The number of nitrogen functional groups attached to an aromatic ring is 1. The number of hydrogen-bond acceptors (Lipinski definition) is 4. The molecule has 0 radical (unpaired) electrons. The van der Waals surface area contributed by atoms with Gasteiger partial charge in [0.05, 0.1) is 15.7 Å². The zero-order valence-corrected chi connectivity index (χ0v) is 12.7. The fourth-order valence-corrected chi connectivity index (χ4v) is 3.10. The number of anilines is 2. The van der Waals surface area contributed by atoms with E-state index in [0.29, 0.717) is 5.02 Å². The van der Waals surface area contributed by atoms with Crippen LogP contribution in [0.15, 0.2) is 35.4 Å². The van der Waals surface area contributed by atoms with E-state index >= 15 is 0 Å². The number of aromatic nitrogens is 1. The average molecular weight is 332 g/mol. The number of nitrogens with two attached hydrogens (primary N) is 1. The molecule has 106 valence electrons. The second-order valence-electron chi connectivity index (χ2n) is 4.13. The first-order valence-corrected chi connectivity index (χ1v) is 7.73. The number of aryl methyl sites for hydroxylation is 1. The van der Waals surface area contributed by atoms with Crippen LogP contribution in [0, 0.1) is 6.92 Å². The first-order chi connectivity index (χ1) is 9.29. The van der Waals surface area contributed by atoms with Gasteiger partial charge in [0.15, 0.2) is 0 Å². The Balaban J connectivity index is 2.38. The van der Waals surface area contributed by atoms with Crippen LogP contribution in [0.5, 0.6) is 0 Å². The van der Waals surface area contributed by atoms with E-state index in [1.54, 1.807) is 18.2 Å². The Hall–Kier alpha value is -1.50. The summed E-state index contributed by atoms with van der Waals surface area (Å²) in [6.07, 6.45) is 1.13. The molecule has 0 aliphatic carbocycles. The fraction of sp³-hybridized carbons (Fsp3) is 0.0833. The summed E-state index contributed by atoms with van der Waals surface area (Å²) in [4.78, 5) is 3.63. The maximum absolute atomic E-state index is 12.2. The Morgan fingerprint density at radius 1 is 1.20 bits per heavy atom. The quantitative estimate of drug-likeness (QED) is 0.904. The summed E-state index contributed by atoms with van der Waals surface area (Å²) in [7, 11) is -3.82. The van der Waals surface area contributed by atoms with Gasteiger partial charge in [-0.1, -0.05) is 29.3 Å². The highest BCUT2D eigenvalue weighted by atomic mass is 35.5. The van der Waals surface area contributed by atoms with E-state index < -0.39 is 10.0 Å². The van der Waals surface area contributed by atoms with Gasteiger partial charge in [-0.2, -0.15) is 0 Å². The summed E-state index contributed by atoms with van der Waals surface area (Å²) < 4.78 is 26.8. The van der Waals surface area contributed by atoms with Crippen LogP contribution in [0.2, 0.25) is 10.0 Å². The highest BCUT2D eigenvalue weighted by Crippen LogP contribution is 2.26. The maximum atomic E-state index is 12.2. The van der Waals surface area contributed by atoms with Gasteiger partial charge in [0.2, 0.25) is 0 Å². The third-order valence-electron chi connectivity index (χ3n) is 2.52. The monoisotopic (exact) mass is 331 g/mol. The molecule has 0 amide bonds. The lowest BCUT2D eigenvalue weighted by atomic mass is 10.2. The molecule has 0 atom stereocenters. The highest BCUT2D eigenvalue weighted by molar-refractivity contribution is 7.92. The predicted molar refractivity (Wildman–Crippen MR) is 80.7 cm³/mol. The molecule has 8 heteroatoms. The van der Waals surface area contributed by atoms with Crippen LogP contribution in [0.4, 0.5) is 11.5 Å². The lowest BCUT2D eigenvalue weighted by Gasteiger charge is -2.10. The van der Waals surface area contributed by atoms with Gasteiger partial charge in [0, 0.05) is 6.20 Å². The van der Waals surface area contributed by atoms with Crippen molar-refractivity contribution < 1.29 is 8.42 Å². The van der Waals surface area contributed by atoms with Crippen molar-refractivity contribution in [3.8, 4) is 0 Å². The Morgan fingerprint density at radius 2 is 1.90 bits per heavy atom. The Bertz CT molecular complexity index is 763. The zero-order valence-electron chi connectivity index (χ0n) is 10.4. The molecule has 20 heavy (non-hydrogen) atoms. The number of rotatable bonds is 3. The summed E-state index contributed by atoms with van der Waals surface area (Å²) in [5, 5.41) is 0.381. The first kappa shape index (κ1) is 14.9. The molecule has 1 aromatic heterocycles. The van der Waals surface area contributed by atoms with Crippen molar-refractivity contribution >= 4 is 44.7 Å². The highest BCUT2D eigenvalue weighted by Gasteiger charge is 2.17. The number of sulfonamides is 1. The van der Waals surface area contributed by atoms with Crippen molar-refractivity contribution in [2.75, 3.05) is 10.5 Å². The second-order valence-corrected chi connectivity index (χ2v) is 6.62. The lowest BCUT2D eigenvalue weighted by Crippen LogP contribution is -2.14. The standard InChI is InChI=1S/C12H11Cl2N3O2S/c1-7-2-3-11(9(13)4-7)17-20(18,19)8-5-10(14)12(15)16-6-8/h2-6,17H,1H3,(H2,15,16). The summed E-state index contributed by atoms with van der Waals surface area (Å²) in [5.74, 6) is 0.0685. The van der Waals surface area contributed by atoms with Crippen LogP contribution < -0.4 is 10.5 Å². The third-order valence-corrected chi connectivity index (χ3v) is 4.47. The van der Waals surface area contributed by atoms with E-state index in [1.165, 1.54) is 6.07 Å². The molecular formula is C12H11Cl2N3O2S. The average Bonchev–Trinajstić information content (AvgIpc) is 2.36. The van der Waals surface area contributed by atoms with Crippen LogP contribution in [0.25, 0.3) is 0 Å². The minimum absolute atomic E-state index is 0.0685. The van der Waals surface area contributed by atoms with Crippen molar-refractivity contribution in [2.24, 2.45) is 0 Å². The largest absolute Gasteiger partial charge is 0.382 e. The van der Waals surface area contributed by atoms with Crippen LogP contribution in [-0.2, 0) is 10.0 Å². The number of halogens is 2. The molecule has 0 saturated carbocycles. The van der Waals surface area contributed by atoms with Gasteiger partial charge in [-0.15, -0.1) is 0 Å². The summed E-state index contributed by atoms with van der Waals surface area (Å²) in [5.41, 5.74) is 6.65. The minimum Gasteiger partial charge on any atom is -0.382 e. The summed E-state index contributed by atoms with van der Waals surface area (Å²) in [6, 6.07) is 6.22. The Kier molecular flexibility index (Phi) is 4.08. The van der Waals surface area contributed by atoms with Gasteiger partial charge in [-0.05, 0) is 30.7 Å². The number of nitrogens with zero attached hydrogens (tertiary/aromatic N) is 1. The molecule has 1 heterocycles. The van der Waals surface area contributed by atoms with Crippen LogP contribution >= 0.6 is 23.2 Å². The van der Waals surface area contributed by atoms with Crippen molar-refractivity contribution in [1.29, 1.82) is 0 Å².